The lowest BCUT2D eigenvalue weighted by Gasteiger charge is -2.16. The van der Waals surface area contributed by atoms with Gasteiger partial charge in [-0.3, -0.25) is 4.79 Å². The Kier molecular flexibility index (Phi) is 4.34. The van der Waals surface area contributed by atoms with Crippen LogP contribution in [0.15, 0.2) is 17.9 Å². The van der Waals surface area contributed by atoms with Gasteiger partial charge in [-0.25, -0.2) is 0 Å². The van der Waals surface area contributed by atoms with Gasteiger partial charge in [-0.1, -0.05) is 19.3 Å². The van der Waals surface area contributed by atoms with E-state index in [1.165, 1.54) is 32.1 Å². The van der Waals surface area contributed by atoms with Crippen molar-refractivity contribution >= 4 is 5.97 Å². The van der Waals surface area contributed by atoms with Gasteiger partial charge in [0.25, 0.3) is 0 Å². The number of carboxylic acid groups (broad SMARTS) is 1. The van der Waals surface area contributed by atoms with Crippen LogP contribution in [0.2, 0.25) is 0 Å². The molecule has 0 aromatic heterocycles. The molecule has 0 unspecified atom stereocenters. The third-order valence-electron chi connectivity index (χ3n) is 2.38. The maximum absolute atomic E-state index is 10.2. The lowest BCUT2D eigenvalue weighted by atomic mass is 9.89. The molecule has 0 heterocycles. The third kappa shape index (κ3) is 4.54. The summed E-state index contributed by atoms with van der Waals surface area (Å²) in [4.78, 5) is 10.2. The zero-order chi connectivity index (χ0) is 9.52. The Hall–Kier alpha value is -1.01. The molecular weight excluding hydrogens is 164 g/mol. The lowest BCUT2D eigenvalue weighted by molar-refractivity contribution is -0.135. The van der Waals surface area contributed by atoms with Crippen LogP contribution in [0.4, 0.5) is 0 Å². The fraction of sp³-hybridized carbons (Fsp3) is 0.636. The second-order valence-corrected chi connectivity index (χ2v) is 3.53. The second-order valence-electron chi connectivity index (χ2n) is 3.53. The standard InChI is InChI=1S/C11H16O2/c12-11(13)9-5-4-8-10-6-2-1-3-7-10/h5,8,10H,1-3,6-7,9H2,(H,12,13). The summed E-state index contributed by atoms with van der Waals surface area (Å²) in [5.74, 6) is -0.150. The van der Waals surface area contributed by atoms with E-state index in [1.807, 2.05) is 6.08 Å². The molecule has 0 bridgehead atoms. The van der Waals surface area contributed by atoms with E-state index in [-0.39, 0.29) is 6.42 Å². The molecule has 0 radical (unpaired) electrons. The molecule has 0 aromatic carbocycles. The Morgan fingerprint density at radius 2 is 2.08 bits per heavy atom. The molecule has 0 aliphatic heterocycles. The summed E-state index contributed by atoms with van der Waals surface area (Å²) in [7, 11) is 0. The Morgan fingerprint density at radius 3 is 2.69 bits per heavy atom. The van der Waals surface area contributed by atoms with Crippen molar-refractivity contribution in [3.63, 3.8) is 0 Å². The Labute approximate surface area is 79.0 Å². The van der Waals surface area contributed by atoms with Crippen LogP contribution < -0.4 is 0 Å². The molecule has 2 heteroatoms. The molecule has 0 aromatic rings. The molecule has 2 nitrogen and oxygen atoms in total. The van der Waals surface area contributed by atoms with Crippen molar-refractivity contribution in [2.24, 2.45) is 5.92 Å². The van der Waals surface area contributed by atoms with Gasteiger partial charge in [-0.15, -0.1) is 5.73 Å². The molecule has 1 fully saturated rings. The zero-order valence-electron chi connectivity index (χ0n) is 7.83. The Bertz CT molecular complexity index is 218. The Balaban J connectivity index is 2.28. The highest BCUT2D eigenvalue weighted by Crippen LogP contribution is 2.23. The summed E-state index contributed by atoms with van der Waals surface area (Å²) in [6.45, 7) is 0. The summed E-state index contributed by atoms with van der Waals surface area (Å²) in [6, 6.07) is 0. The van der Waals surface area contributed by atoms with E-state index in [1.54, 1.807) is 6.08 Å². The van der Waals surface area contributed by atoms with Crippen molar-refractivity contribution in [3.05, 3.63) is 17.9 Å². The summed E-state index contributed by atoms with van der Waals surface area (Å²) in [5, 5.41) is 8.37. The van der Waals surface area contributed by atoms with E-state index in [0.29, 0.717) is 5.92 Å². The molecule has 13 heavy (non-hydrogen) atoms. The quantitative estimate of drug-likeness (QED) is 0.678. The predicted molar refractivity (Wildman–Crippen MR) is 51.5 cm³/mol. The summed E-state index contributed by atoms with van der Waals surface area (Å²) in [6.07, 6.45) is 10.2. The van der Waals surface area contributed by atoms with Gasteiger partial charge in [0.15, 0.2) is 0 Å². The summed E-state index contributed by atoms with van der Waals surface area (Å²) in [5.41, 5.74) is 2.96. The van der Waals surface area contributed by atoms with Crippen molar-refractivity contribution in [2.75, 3.05) is 0 Å². The highest BCUT2D eigenvalue weighted by molar-refractivity contribution is 5.68. The maximum Gasteiger partial charge on any atom is 0.307 e. The fourth-order valence-electron chi connectivity index (χ4n) is 1.65. The highest BCUT2D eigenvalue weighted by Gasteiger charge is 2.08. The monoisotopic (exact) mass is 180 g/mol. The highest BCUT2D eigenvalue weighted by atomic mass is 16.4. The van der Waals surface area contributed by atoms with Gasteiger partial charge in [0, 0.05) is 0 Å². The first-order valence-electron chi connectivity index (χ1n) is 4.92. The minimum atomic E-state index is -0.787. The number of carboxylic acids is 1. The lowest BCUT2D eigenvalue weighted by Crippen LogP contribution is -2.01. The number of aliphatic carboxylic acids is 1. The summed E-state index contributed by atoms with van der Waals surface area (Å²) >= 11 is 0. The Morgan fingerprint density at radius 1 is 1.38 bits per heavy atom. The third-order valence-corrected chi connectivity index (χ3v) is 2.38. The average Bonchev–Trinajstić information content (AvgIpc) is 2.14. The van der Waals surface area contributed by atoms with Crippen molar-refractivity contribution in [2.45, 2.75) is 38.5 Å². The minimum absolute atomic E-state index is 0.0865. The van der Waals surface area contributed by atoms with Crippen molar-refractivity contribution in [1.29, 1.82) is 0 Å². The number of carbonyl (C=O) groups is 1. The molecule has 0 saturated heterocycles. The van der Waals surface area contributed by atoms with Gasteiger partial charge in [-0.2, -0.15) is 0 Å². The van der Waals surface area contributed by atoms with Gasteiger partial charge in [-0.05, 0) is 30.9 Å². The first kappa shape index (κ1) is 10.1. The molecular formula is C11H16O2. The van der Waals surface area contributed by atoms with E-state index in [2.05, 4.69) is 5.73 Å². The first-order chi connectivity index (χ1) is 6.29. The number of rotatable bonds is 3. The van der Waals surface area contributed by atoms with Gasteiger partial charge in [0.2, 0.25) is 0 Å². The minimum Gasteiger partial charge on any atom is -0.481 e. The van der Waals surface area contributed by atoms with Crippen LogP contribution in [0.5, 0.6) is 0 Å². The fourth-order valence-corrected chi connectivity index (χ4v) is 1.65. The molecule has 1 rings (SSSR count). The van der Waals surface area contributed by atoms with Gasteiger partial charge < -0.3 is 5.11 Å². The van der Waals surface area contributed by atoms with Crippen molar-refractivity contribution in [3.8, 4) is 0 Å². The SMILES string of the molecule is O=C(O)CC=C=CC1CCCCC1. The molecule has 1 N–H and O–H groups in total. The molecule has 0 spiro atoms. The van der Waals surface area contributed by atoms with Crippen LogP contribution in [0.3, 0.4) is 0 Å². The van der Waals surface area contributed by atoms with Crippen LogP contribution >= 0.6 is 0 Å². The van der Waals surface area contributed by atoms with E-state index >= 15 is 0 Å². The smallest absolute Gasteiger partial charge is 0.307 e. The number of hydrogen-bond acceptors (Lipinski definition) is 1. The summed E-state index contributed by atoms with van der Waals surface area (Å²) < 4.78 is 0. The van der Waals surface area contributed by atoms with Gasteiger partial charge in [0.05, 0.1) is 6.42 Å². The molecule has 1 aliphatic carbocycles. The normalized spacial score (nSPS) is 17.5. The van der Waals surface area contributed by atoms with E-state index < -0.39 is 5.97 Å². The largest absolute Gasteiger partial charge is 0.481 e. The molecule has 1 saturated carbocycles. The molecule has 72 valence electrons. The van der Waals surface area contributed by atoms with Crippen LogP contribution in [0.25, 0.3) is 0 Å². The van der Waals surface area contributed by atoms with Crippen LogP contribution in [0, 0.1) is 5.92 Å². The predicted octanol–water partition coefficient (Wildman–Crippen LogP) is 2.75. The van der Waals surface area contributed by atoms with Crippen molar-refractivity contribution in [1.82, 2.24) is 0 Å². The topological polar surface area (TPSA) is 37.3 Å². The first-order valence-corrected chi connectivity index (χ1v) is 4.92. The molecule has 0 atom stereocenters. The van der Waals surface area contributed by atoms with Gasteiger partial charge in [0.1, 0.15) is 0 Å². The van der Waals surface area contributed by atoms with Crippen LogP contribution in [-0.2, 0) is 4.79 Å². The second kappa shape index (κ2) is 5.60. The van der Waals surface area contributed by atoms with E-state index in [0.717, 1.165) is 0 Å². The molecule has 0 amide bonds. The van der Waals surface area contributed by atoms with Gasteiger partial charge >= 0.3 is 5.97 Å². The number of hydrogen-bond donors (Lipinski definition) is 1. The molecule has 1 aliphatic rings. The van der Waals surface area contributed by atoms with Crippen LogP contribution in [0.1, 0.15) is 38.5 Å². The average molecular weight is 180 g/mol. The van der Waals surface area contributed by atoms with E-state index in [4.69, 9.17) is 5.11 Å². The van der Waals surface area contributed by atoms with E-state index in [9.17, 15) is 4.79 Å². The van der Waals surface area contributed by atoms with Crippen molar-refractivity contribution < 1.29 is 9.90 Å². The zero-order valence-corrected chi connectivity index (χ0v) is 7.83. The maximum atomic E-state index is 10.2. The van der Waals surface area contributed by atoms with Crippen LogP contribution in [-0.4, -0.2) is 11.1 Å².